The standard InChI is InChI=1S/C15H19N5O2S/c21-15(22)11-6-10-5-8(1-2-9(10)7-16-11)12-3-4-13(23-12)14-17-19-20-18-14/h3-4,8-11,16H,1-2,5-7H2,(H,21,22)(H,17,18,19,20)/t8-,9-,10+,11-/m0/s1. The maximum Gasteiger partial charge on any atom is 0.320 e. The average molecular weight is 333 g/mol. The first-order valence-electron chi connectivity index (χ1n) is 8.00. The highest BCUT2D eigenvalue weighted by Crippen LogP contribution is 2.45. The van der Waals surface area contributed by atoms with Crippen LogP contribution in [0.3, 0.4) is 0 Å². The van der Waals surface area contributed by atoms with Crippen LogP contribution in [-0.4, -0.2) is 44.3 Å². The van der Waals surface area contributed by atoms with Gasteiger partial charge in [0, 0.05) is 4.88 Å². The molecule has 0 unspecified atom stereocenters. The quantitative estimate of drug-likeness (QED) is 0.792. The molecule has 122 valence electrons. The molecule has 0 amide bonds. The Labute approximate surface area is 137 Å². The Bertz CT molecular complexity index is 686. The van der Waals surface area contributed by atoms with Gasteiger partial charge in [0.2, 0.25) is 5.82 Å². The Kier molecular flexibility index (Phi) is 3.86. The number of thiophene rings is 1. The van der Waals surface area contributed by atoms with E-state index in [0.717, 1.165) is 24.3 Å². The summed E-state index contributed by atoms with van der Waals surface area (Å²) in [4.78, 5) is 13.6. The molecule has 2 fully saturated rings. The number of piperidine rings is 1. The molecule has 4 rings (SSSR count). The molecule has 7 nitrogen and oxygen atoms in total. The van der Waals surface area contributed by atoms with Crippen molar-refractivity contribution in [3.63, 3.8) is 0 Å². The molecule has 1 aliphatic carbocycles. The van der Waals surface area contributed by atoms with Crippen molar-refractivity contribution in [2.75, 3.05) is 6.54 Å². The number of aromatic amines is 1. The molecule has 0 spiro atoms. The molecule has 1 saturated carbocycles. The van der Waals surface area contributed by atoms with Gasteiger partial charge in [-0.05, 0) is 67.3 Å². The van der Waals surface area contributed by atoms with Crippen molar-refractivity contribution in [3.05, 3.63) is 17.0 Å². The minimum atomic E-state index is -0.721. The van der Waals surface area contributed by atoms with E-state index in [9.17, 15) is 9.90 Å². The second-order valence-corrected chi connectivity index (χ2v) is 7.62. The lowest BCUT2D eigenvalue weighted by Gasteiger charge is -2.41. The molecule has 1 saturated heterocycles. The summed E-state index contributed by atoms with van der Waals surface area (Å²) in [5.74, 6) is 1.57. The lowest BCUT2D eigenvalue weighted by Crippen LogP contribution is -2.49. The van der Waals surface area contributed by atoms with Crippen LogP contribution in [0, 0.1) is 11.8 Å². The molecule has 8 heteroatoms. The molecule has 1 aliphatic heterocycles. The highest BCUT2D eigenvalue weighted by atomic mass is 32.1. The van der Waals surface area contributed by atoms with E-state index in [-0.39, 0.29) is 6.04 Å². The van der Waals surface area contributed by atoms with Crippen LogP contribution in [0.15, 0.2) is 12.1 Å². The molecule has 2 aliphatic rings. The molecule has 2 aromatic heterocycles. The number of H-pyrrole nitrogens is 1. The molecule has 3 heterocycles. The molecule has 3 N–H and O–H groups in total. The van der Waals surface area contributed by atoms with Gasteiger partial charge >= 0.3 is 5.97 Å². The number of hydrogen-bond acceptors (Lipinski definition) is 6. The van der Waals surface area contributed by atoms with Crippen LogP contribution >= 0.6 is 11.3 Å². The van der Waals surface area contributed by atoms with Crippen LogP contribution in [0.5, 0.6) is 0 Å². The first-order chi connectivity index (χ1) is 11.2. The van der Waals surface area contributed by atoms with Gasteiger partial charge in [-0.2, -0.15) is 5.21 Å². The van der Waals surface area contributed by atoms with Crippen LogP contribution in [0.1, 0.15) is 36.5 Å². The monoisotopic (exact) mass is 333 g/mol. The Morgan fingerprint density at radius 1 is 1.26 bits per heavy atom. The first kappa shape index (κ1) is 14.8. The Balaban J connectivity index is 1.47. The van der Waals surface area contributed by atoms with Crippen molar-refractivity contribution in [3.8, 4) is 10.7 Å². The number of carboxylic acids is 1. The second kappa shape index (κ2) is 6.01. The number of carbonyl (C=O) groups is 1. The summed E-state index contributed by atoms with van der Waals surface area (Å²) in [5, 5.41) is 26.6. The van der Waals surface area contributed by atoms with Gasteiger partial charge in [-0.25, -0.2) is 0 Å². The predicted molar refractivity (Wildman–Crippen MR) is 85.1 cm³/mol. The van der Waals surface area contributed by atoms with Gasteiger partial charge < -0.3 is 10.4 Å². The third-order valence-corrected chi connectivity index (χ3v) is 6.44. The number of carboxylic acid groups (broad SMARTS) is 1. The second-order valence-electron chi connectivity index (χ2n) is 6.50. The summed E-state index contributed by atoms with van der Waals surface area (Å²) < 4.78 is 0. The molecule has 2 aromatic rings. The van der Waals surface area contributed by atoms with Gasteiger partial charge in [-0.3, -0.25) is 4.79 Å². The van der Waals surface area contributed by atoms with Crippen molar-refractivity contribution in [2.24, 2.45) is 11.8 Å². The highest BCUT2D eigenvalue weighted by Gasteiger charge is 2.38. The van der Waals surface area contributed by atoms with Crippen molar-refractivity contribution in [1.29, 1.82) is 0 Å². The predicted octanol–water partition coefficient (Wildman–Crippen LogP) is 1.87. The summed E-state index contributed by atoms with van der Waals surface area (Å²) in [6.07, 6.45) is 4.18. The zero-order chi connectivity index (χ0) is 15.8. The highest BCUT2D eigenvalue weighted by molar-refractivity contribution is 7.15. The largest absolute Gasteiger partial charge is 0.480 e. The zero-order valence-electron chi connectivity index (χ0n) is 12.6. The van der Waals surface area contributed by atoms with E-state index in [1.807, 2.05) is 0 Å². The van der Waals surface area contributed by atoms with Gasteiger partial charge in [0.25, 0.3) is 0 Å². The van der Waals surface area contributed by atoms with E-state index in [1.165, 1.54) is 17.7 Å². The average Bonchev–Trinajstić information content (AvgIpc) is 3.24. The van der Waals surface area contributed by atoms with Crippen LogP contribution in [-0.2, 0) is 4.79 Å². The Morgan fingerprint density at radius 3 is 2.96 bits per heavy atom. The number of nitrogens with one attached hydrogen (secondary N) is 2. The van der Waals surface area contributed by atoms with Gasteiger partial charge in [0.1, 0.15) is 6.04 Å². The fraction of sp³-hybridized carbons (Fsp3) is 0.600. The van der Waals surface area contributed by atoms with E-state index in [1.54, 1.807) is 11.3 Å². The minimum absolute atomic E-state index is 0.381. The molecular formula is C15H19N5O2S. The lowest BCUT2D eigenvalue weighted by atomic mass is 9.69. The van der Waals surface area contributed by atoms with E-state index in [2.05, 4.69) is 38.1 Å². The summed E-state index contributed by atoms with van der Waals surface area (Å²) in [6, 6.07) is 3.84. The normalized spacial score (nSPS) is 30.8. The zero-order valence-corrected chi connectivity index (χ0v) is 13.4. The van der Waals surface area contributed by atoms with E-state index in [0.29, 0.717) is 23.6 Å². The molecule has 23 heavy (non-hydrogen) atoms. The maximum absolute atomic E-state index is 11.2. The molecule has 0 bridgehead atoms. The Hall–Kier alpha value is -1.80. The van der Waals surface area contributed by atoms with E-state index < -0.39 is 5.97 Å². The molecule has 0 aromatic carbocycles. The van der Waals surface area contributed by atoms with E-state index in [4.69, 9.17) is 0 Å². The summed E-state index contributed by atoms with van der Waals surface area (Å²) in [6.45, 7) is 0.840. The van der Waals surface area contributed by atoms with E-state index >= 15 is 0 Å². The van der Waals surface area contributed by atoms with Crippen LogP contribution < -0.4 is 5.32 Å². The smallest absolute Gasteiger partial charge is 0.320 e. The molecule has 0 radical (unpaired) electrons. The fourth-order valence-corrected chi connectivity index (χ4v) is 5.05. The minimum Gasteiger partial charge on any atom is -0.480 e. The lowest BCUT2D eigenvalue weighted by molar-refractivity contribution is -0.141. The van der Waals surface area contributed by atoms with Crippen LogP contribution in [0.2, 0.25) is 0 Å². The van der Waals surface area contributed by atoms with Gasteiger partial charge in [-0.15, -0.1) is 21.5 Å². The number of aromatic nitrogens is 4. The maximum atomic E-state index is 11.2. The van der Waals surface area contributed by atoms with Gasteiger partial charge in [-0.1, -0.05) is 0 Å². The summed E-state index contributed by atoms with van der Waals surface area (Å²) >= 11 is 1.73. The van der Waals surface area contributed by atoms with Crippen molar-refractivity contribution < 1.29 is 9.90 Å². The van der Waals surface area contributed by atoms with Gasteiger partial charge in [0.15, 0.2) is 0 Å². The summed E-state index contributed by atoms with van der Waals surface area (Å²) in [5.41, 5.74) is 0. The van der Waals surface area contributed by atoms with Gasteiger partial charge in [0.05, 0.1) is 4.88 Å². The number of aliphatic carboxylic acids is 1. The molecular weight excluding hydrogens is 314 g/mol. The number of rotatable bonds is 3. The molecule has 4 atom stereocenters. The van der Waals surface area contributed by atoms with Crippen LogP contribution in [0.4, 0.5) is 0 Å². The first-order valence-corrected chi connectivity index (χ1v) is 8.82. The van der Waals surface area contributed by atoms with Crippen LogP contribution in [0.25, 0.3) is 10.7 Å². The Morgan fingerprint density at radius 2 is 2.17 bits per heavy atom. The number of hydrogen-bond donors (Lipinski definition) is 3. The summed E-state index contributed by atoms with van der Waals surface area (Å²) in [7, 11) is 0. The third-order valence-electron chi connectivity index (χ3n) is 5.20. The number of nitrogens with zero attached hydrogens (tertiary/aromatic N) is 3. The van der Waals surface area contributed by atoms with Crippen molar-refractivity contribution >= 4 is 17.3 Å². The SMILES string of the molecule is O=C(O)[C@@H]1C[C@H]2C[C@@H](c3ccc(-c4nn[nH]n4)s3)CC[C@H]2CN1. The number of tetrazole rings is 1. The van der Waals surface area contributed by atoms with Crippen molar-refractivity contribution in [2.45, 2.75) is 37.6 Å². The third kappa shape index (κ3) is 2.88. The van der Waals surface area contributed by atoms with Crippen molar-refractivity contribution in [1.82, 2.24) is 25.9 Å². The fourth-order valence-electron chi connectivity index (χ4n) is 3.97. The number of fused-ring (bicyclic) bond motifs is 1. The topological polar surface area (TPSA) is 104 Å².